The molecule has 0 fully saturated rings. The standard InChI is InChI=1S/C14H27NO/c1-4-14(16)12-10-8-6-5-7-9-11-13-15(2)3/h4H,1,5-13H2,2-3H3. The summed E-state index contributed by atoms with van der Waals surface area (Å²) in [5, 5.41) is 0. The number of unbranched alkanes of at least 4 members (excludes halogenated alkanes) is 6. The summed E-state index contributed by atoms with van der Waals surface area (Å²) >= 11 is 0. The van der Waals surface area contributed by atoms with E-state index in [1.807, 2.05) is 0 Å². The minimum atomic E-state index is 0.186. The third kappa shape index (κ3) is 11.4. The molecular weight excluding hydrogens is 198 g/mol. The van der Waals surface area contributed by atoms with Gasteiger partial charge in [-0.3, -0.25) is 4.79 Å². The predicted octanol–water partition coefficient (Wildman–Crippen LogP) is 3.42. The Labute approximate surface area is 101 Å². The van der Waals surface area contributed by atoms with Crippen LogP contribution >= 0.6 is 0 Å². The van der Waals surface area contributed by atoms with E-state index in [1.54, 1.807) is 0 Å². The molecule has 0 amide bonds. The second-order valence-corrected chi connectivity index (χ2v) is 4.70. The van der Waals surface area contributed by atoms with Gasteiger partial charge >= 0.3 is 0 Å². The first-order valence-corrected chi connectivity index (χ1v) is 6.47. The van der Waals surface area contributed by atoms with Crippen LogP contribution < -0.4 is 0 Å². The van der Waals surface area contributed by atoms with Crippen LogP contribution in [-0.4, -0.2) is 31.3 Å². The topological polar surface area (TPSA) is 20.3 Å². The molecular formula is C14H27NO. The summed E-state index contributed by atoms with van der Waals surface area (Å²) in [6.45, 7) is 4.67. The summed E-state index contributed by atoms with van der Waals surface area (Å²) in [6.07, 6.45) is 10.9. The van der Waals surface area contributed by atoms with Crippen LogP contribution in [0.1, 0.15) is 51.4 Å². The number of carbonyl (C=O) groups is 1. The van der Waals surface area contributed by atoms with Crippen LogP contribution in [0.5, 0.6) is 0 Å². The van der Waals surface area contributed by atoms with Gasteiger partial charge in [0.1, 0.15) is 0 Å². The molecule has 0 aromatic carbocycles. The fourth-order valence-electron chi connectivity index (χ4n) is 1.71. The normalized spacial score (nSPS) is 10.7. The van der Waals surface area contributed by atoms with Crippen molar-refractivity contribution in [2.24, 2.45) is 0 Å². The summed E-state index contributed by atoms with van der Waals surface area (Å²) in [6, 6.07) is 0. The van der Waals surface area contributed by atoms with E-state index in [0.717, 1.165) is 6.42 Å². The first kappa shape index (κ1) is 15.4. The minimum Gasteiger partial charge on any atom is -0.309 e. The van der Waals surface area contributed by atoms with Crippen molar-refractivity contribution in [1.29, 1.82) is 0 Å². The van der Waals surface area contributed by atoms with Crippen molar-refractivity contribution in [2.45, 2.75) is 51.4 Å². The number of nitrogens with zero attached hydrogens (tertiary/aromatic N) is 1. The van der Waals surface area contributed by atoms with Gasteiger partial charge in [0.05, 0.1) is 0 Å². The van der Waals surface area contributed by atoms with Crippen molar-refractivity contribution in [3.63, 3.8) is 0 Å². The third-order valence-corrected chi connectivity index (χ3v) is 2.76. The molecule has 0 aliphatic rings. The first-order chi connectivity index (χ1) is 7.66. The Balaban J connectivity index is 3.04. The summed E-state index contributed by atoms with van der Waals surface area (Å²) in [5.41, 5.74) is 0. The molecule has 0 unspecified atom stereocenters. The van der Waals surface area contributed by atoms with E-state index >= 15 is 0 Å². The van der Waals surface area contributed by atoms with Crippen LogP contribution in [0, 0.1) is 0 Å². The van der Waals surface area contributed by atoms with E-state index in [2.05, 4.69) is 25.6 Å². The van der Waals surface area contributed by atoms with Gasteiger partial charge in [-0.25, -0.2) is 0 Å². The predicted molar refractivity (Wildman–Crippen MR) is 70.7 cm³/mol. The average Bonchev–Trinajstić information content (AvgIpc) is 2.26. The van der Waals surface area contributed by atoms with Gasteiger partial charge < -0.3 is 4.90 Å². The molecule has 0 saturated carbocycles. The van der Waals surface area contributed by atoms with Crippen molar-refractivity contribution < 1.29 is 4.79 Å². The largest absolute Gasteiger partial charge is 0.309 e. The lowest BCUT2D eigenvalue weighted by Gasteiger charge is -2.08. The zero-order chi connectivity index (χ0) is 12.2. The number of rotatable bonds is 11. The second kappa shape index (κ2) is 10.9. The van der Waals surface area contributed by atoms with Gasteiger partial charge in [0.2, 0.25) is 0 Å². The number of allylic oxidation sites excluding steroid dienone is 1. The zero-order valence-corrected chi connectivity index (χ0v) is 11.0. The van der Waals surface area contributed by atoms with Crippen LogP contribution in [0.15, 0.2) is 12.7 Å². The van der Waals surface area contributed by atoms with Crippen molar-refractivity contribution in [3.05, 3.63) is 12.7 Å². The lowest BCUT2D eigenvalue weighted by Crippen LogP contribution is -2.12. The SMILES string of the molecule is C=CC(=O)CCCCCCCCCN(C)C. The van der Waals surface area contributed by atoms with Crippen LogP contribution in [0.3, 0.4) is 0 Å². The number of ketones is 1. The van der Waals surface area contributed by atoms with E-state index in [1.165, 1.54) is 51.1 Å². The second-order valence-electron chi connectivity index (χ2n) is 4.70. The van der Waals surface area contributed by atoms with Gasteiger partial charge in [0, 0.05) is 6.42 Å². The lowest BCUT2D eigenvalue weighted by molar-refractivity contribution is -0.114. The highest BCUT2D eigenvalue weighted by molar-refractivity contribution is 5.88. The number of hydrogen-bond donors (Lipinski definition) is 0. The minimum absolute atomic E-state index is 0.186. The lowest BCUT2D eigenvalue weighted by atomic mass is 10.1. The molecule has 0 aliphatic carbocycles. The molecule has 0 atom stereocenters. The molecule has 0 aliphatic heterocycles. The molecule has 2 nitrogen and oxygen atoms in total. The molecule has 0 saturated heterocycles. The van der Waals surface area contributed by atoms with Crippen LogP contribution in [-0.2, 0) is 4.79 Å². The monoisotopic (exact) mass is 225 g/mol. The molecule has 0 rings (SSSR count). The molecule has 0 spiro atoms. The van der Waals surface area contributed by atoms with E-state index in [0.29, 0.717) is 6.42 Å². The maximum absolute atomic E-state index is 10.9. The van der Waals surface area contributed by atoms with E-state index in [-0.39, 0.29) is 5.78 Å². The molecule has 0 aromatic heterocycles. The average molecular weight is 225 g/mol. The fourth-order valence-corrected chi connectivity index (χ4v) is 1.71. The summed E-state index contributed by atoms with van der Waals surface area (Å²) in [4.78, 5) is 13.2. The van der Waals surface area contributed by atoms with Crippen LogP contribution in [0.4, 0.5) is 0 Å². The Hall–Kier alpha value is -0.630. The van der Waals surface area contributed by atoms with Crippen molar-refractivity contribution >= 4 is 5.78 Å². The molecule has 0 bridgehead atoms. The fraction of sp³-hybridized carbons (Fsp3) is 0.786. The van der Waals surface area contributed by atoms with Crippen LogP contribution in [0.2, 0.25) is 0 Å². The quantitative estimate of drug-likeness (QED) is 0.396. The smallest absolute Gasteiger partial charge is 0.155 e. The summed E-state index contributed by atoms with van der Waals surface area (Å²) in [5.74, 6) is 0.186. The van der Waals surface area contributed by atoms with Crippen molar-refractivity contribution in [1.82, 2.24) is 4.90 Å². The Morgan fingerprint density at radius 3 is 2.00 bits per heavy atom. The highest BCUT2D eigenvalue weighted by Gasteiger charge is 1.96. The maximum Gasteiger partial charge on any atom is 0.155 e. The zero-order valence-electron chi connectivity index (χ0n) is 11.0. The Morgan fingerprint density at radius 1 is 1.00 bits per heavy atom. The number of carbonyl (C=O) groups excluding carboxylic acids is 1. The Kier molecular flexibility index (Phi) is 10.4. The molecule has 16 heavy (non-hydrogen) atoms. The summed E-state index contributed by atoms with van der Waals surface area (Å²) in [7, 11) is 4.24. The van der Waals surface area contributed by atoms with Gasteiger partial charge in [0.15, 0.2) is 5.78 Å². The van der Waals surface area contributed by atoms with Gasteiger partial charge in [-0.2, -0.15) is 0 Å². The van der Waals surface area contributed by atoms with E-state index in [9.17, 15) is 4.79 Å². The first-order valence-electron chi connectivity index (χ1n) is 6.47. The highest BCUT2D eigenvalue weighted by Crippen LogP contribution is 2.09. The molecule has 2 heteroatoms. The van der Waals surface area contributed by atoms with Gasteiger partial charge in [0.25, 0.3) is 0 Å². The van der Waals surface area contributed by atoms with E-state index < -0.39 is 0 Å². The Bertz CT molecular complexity index is 187. The van der Waals surface area contributed by atoms with Gasteiger partial charge in [-0.1, -0.05) is 38.7 Å². The summed E-state index contributed by atoms with van der Waals surface area (Å²) < 4.78 is 0. The van der Waals surface area contributed by atoms with Gasteiger partial charge in [-0.05, 0) is 39.6 Å². The maximum atomic E-state index is 10.9. The Morgan fingerprint density at radius 2 is 1.50 bits per heavy atom. The molecule has 94 valence electrons. The molecule has 0 heterocycles. The van der Waals surface area contributed by atoms with Gasteiger partial charge in [-0.15, -0.1) is 0 Å². The van der Waals surface area contributed by atoms with Crippen molar-refractivity contribution in [3.8, 4) is 0 Å². The number of hydrogen-bond acceptors (Lipinski definition) is 2. The highest BCUT2D eigenvalue weighted by atomic mass is 16.1. The third-order valence-electron chi connectivity index (χ3n) is 2.76. The van der Waals surface area contributed by atoms with Crippen LogP contribution in [0.25, 0.3) is 0 Å². The molecule has 0 N–H and O–H groups in total. The van der Waals surface area contributed by atoms with Crippen molar-refractivity contribution in [2.75, 3.05) is 20.6 Å². The van der Waals surface area contributed by atoms with E-state index in [4.69, 9.17) is 0 Å². The molecule has 0 radical (unpaired) electrons. The molecule has 0 aromatic rings.